The summed E-state index contributed by atoms with van der Waals surface area (Å²) < 4.78 is 10.2. The van der Waals surface area contributed by atoms with E-state index in [-0.39, 0.29) is 100.0 Å². The number of carbonyl (C=O) groups is 1. The third kappa shape index (κ3) is 5.62. The normalized spacial score (nSPS) is 10.0. The van der Waals surface area contributed by atoms with Gasteiger partial charge in [-0.05, 0) is 31.5 Å². The van der Waals surface area contributed by atoms with Crippen molar-refractivity contribution >= 4 is 5.78 Å². The number of phenols is 3. The number of ketones is 1. The summed E-state index contributed by atoms with van der Waals surface area (Å²) >= 11 is 0. The van der Waals surface area contributed by atoms with Crippen LogP contribution in [0.2, 0.25) is 0 Å². The molecule has 0 aliphatic carbocycles. The number of ether oxygens (including phenoxy) is 2. The zero-order valence-electron chi connectivity index (χ0n) is 15.6. The van der Waals surface area contributed by atoms with Gasteiger partial charge in [0.05, 0.1) is 13.7 Å². The minimum atomic E-state index is -0.222. The Balaban J connectivity index is 0.00000312. The van der Waals surface area contributed by atoms with E-state index in [0.29, 0.717) is 17.9 Å². The second kappa shape index (κ2) is 10.0. The number of benzene rings is 2. The molecular formula is C18H21KO6. The molecule has 0 fully saturated rings. The fraction of sp³-hybridized carbons (Fsp3) is 0.278. The summed E-state index contributed by atoms with van der Waals surface area (Å²) in [6.07, 6.45) is 0.233. The van der Waals surface area contributed by atoms with Crippen LogP contribution in [0.4, 0.5) is 0 Å². The molecule has 0 heterocycles. The van der Waals surface area contributed by atoms with Gasteiger partial charge in [0.15, 0.2) is 17.3 Å². The monoisotopic (exact) mass is 372 g/mol. The molecule has 2 aromatic carbocycles. The molecule has 2 rings (SSSR count). The Labute approximate surface area is 190 Å². The third-order valence-corrected chi connectivity index (χ3v) is 3.59. The molecule has 130 valence electrons. The first-order valence-electron chi connectivity index (χ1n) is 7.54. The number of aromatic hydroxyl groups is 3. The zero-order chi connectivity index (χ0) is 17.7. The van der Waals surface area contributed by atoms with Crippen LogP contribution in [0.3, 0.4) is 0 Å². The maximum Gasteiger partial charge on any atom is 1.00 e. The van der Waals surface area contributed by atoms with Crippen molar-refractivity contribution in [3.05, 3.63) is 41.5 Å². The summed E-state index contributed by atoms with van der Waals surface area (Å²) in [5.74, 6) is 0.0689. The molecule has 7 heteroatoms. The molecule has 0 saturated carbocycles. The van der Waals surface area contributed by atoms with Crippen LogP contribution in [0.25, 0.3) is 0 Å². The fourth-order valence-electron chi connectivity index (χ4n) is 2.37. The van der Waals surface area contributed by atoms with Gasteiger partial charge in [-0.3, -0.25) is 4.79 Å². The summed E-state index contributed by atoms with van der Waals surface area (Å²) in [6.45, 7) is 2.21. The predicted octanol–water partition coefficient (Wildman–Crippen LogP) is 0.143. The summed E-state index contributed by atoms with van der Waals surface area (Å²) in [4.78, 5) is 12.2. The van der Waals surface area contributed by atoms with Crippen LogP contribution in [-0.4, -0.2) is 34.8 Å². The summed E-state index contributed by atoms with van der Waals surface area (Å²) in [6, 6.07) is 7.21. The van der Waals surface area contributed by atoms with E-state index in [4.69, 9.17) is 9.47 Å². The second-order valence-electron chi connectivity index (χ2n) is 5.18. The van der Waals surface area contributed by atoms with E-state index >= 15 is 0 Å². The van der Waals surface area contributed by atoms with Gasteiger partial charge in [-0.25, -0.2) is 0 Å². The van der Waals surface area contributed by atoms with Crippen LogP contribution >= 0.6 is 0 Å². The van der Waals surface area contributed by atoms with Crippen molar-refractivity contribution in [2.24, 2.45) is 0 Å². The van der Waals surface area contributed by atoms with Crippen molar-refractivity contribution in [3.63, 3.8) is 0 Å². The van der Waals surface area contributed by atoms with E-state index in [0.717, 1.165) is 0 Å². The van der Waals surface area contributed by atoms with E-state index in [1.54, 1.807) is 13.0 Å². The molecule has 0 aromatic heterocycles. The predicted molar refractivity (Wildman–Crippen MR) is 89.4 cm³/mol. The first-order valence-corrected chi connectivity index (χ1v) is 7.54. The molecule has 2 aromatic rings. The topological polar surface area (TPSA) is 96.2 Å². The largest absolute Gasteiger partial charge is 1.00 e. The molecule has 0 unspecified atom stereocenters. The van der Waals surface area contributed by atoms with Gasteiger partial charge in [0.25, 0.3) is 0 Å². The number of Topliss-reactive ketones (excluding diaryl/α,β-unsaturated/α-hetero) is 1. The van der Waals surface area contributed by atoms with Gasteiger partial charge in [0, 0.05) is 29.7 Å². The van der Waals surface area contributed by atoms with Crippen molar-refractivity contribution in [1.82, 2.24) is 0 Å². The Morgan fingerprint density at radius 3 is 2.24 bits per heavy atom. The molecule has 0 amide bonds. The quantitative estimate of drug-likeness (QED) is 0.473. The maximum atomic E-state index is 12.2. The van der Waals surface area contributed by atoms with Crippen molar-refractivity contribution in [2.75, 3.05) is 13.7 Å². The molecule has 0 aliphatic heterocycles. The molecule has 25 heavy (non-hydrogen) atoms. The maximum absolute atomic E-state index is 12.2. The number of methoxy groups -OCH3 is 1. The third-order valence-electron chi connectivity index (χ3n) is 3.59. The van der Waals surface area contributed by atoms with Crippen molar-refractivity contribution < 1.29 is 82.4 Å². The Morgan fingerprint density at radius 2 is 1.72 bits per heavy atom. The molecule has 0 atom stereocenters. The second-order valence-corrected chi connectivity index (χ2v) is 5.18. The Morgan fingerprint density at radius 1 is 1.08 bits per heavy atom. The summed E-state index contributed by atoms with van der Waals surface area (Å²) in [5, 5.41) is 29.7. The van der Waals surface area contributed by atoms with Gasteiger partial charge in [0.1, 0.15) is 17.2 Å². The van der Waals surface area contributed by atoms with Crippen LogP contribution in [0.5, 0.6) is 28.7 Å². The van der Waals surface area contributed by atoms with Crippen LogP contribution in [0, 0.1) is 0 Å². The van der Waals surface area contributed by atoms with Crippen LogP contribution in [-0.2, 0) is 6.42 Å². The Bertz CT molecular complexity index is 727. The summed E-state index contributed by atoms with van der Waals surface area (Å²) in [5.41, 5.74) is 0.614. The molecule has 0 aliphatic rings. The van der Waals surface area contributed by atoms with Gasteiger partial charge < -0.3 is 26.2 Å². The van der Waals surface area contributed by atoms with Gasteiger partial charge in [-0.2, -0.15) is 0 Å². The molecule has 6 nitrogen and oxygen atoms in total. The molecule has 0 spiro atoms. The molecule has 0 bridgehead atoms. The fourth-order valence-corrected chi connectivity index (χ4v) is 2.37. The van der Waals surface area contributed by atoms with Gasteiger partial charge in [-0.1, -0.05) is 0 Å². The Kier molecular flexibility index (Phi) is 8.74. The van der Waals surface area contributed by atoms with Crippen LogP contribution in [0.1, 0.15) is 30.7 Å². The molecule has 0 saturated heterocycles. The molecule has 3 N–H and O–H groups in total. The zero-order valence-corrected chi connectivity index (χ0v) is 17.7. The van der Waals surface area contributed by atoms with E-state index in [1.807, 2.05) is 0 Å². The van der Waals surface area contributed by atoms with Gasteiger partial charge in [-0.15, -0.1) is 0 Å². The minimum absolute atomic E-state index is 0. The minimum Gasteiger partial charge on any atom is -1.00 e. The van der Waals surface area contributed by atoms with E-state index < -0.39 is 0 Å². The van der Waals surface area contributed by atoms with Gasteiger partial charge in [0.2, 0.25) is 0 Å². The molecule has 0 radical (unpaired) electrons. The average molecular weight is 372 g/mol. The van der Waals surface area contributed by atoms with Crippen LogP contribution in [0.15, 0.2) is 30.3 Å². The van der Waals surface area contributed by atoms with Crippen LogP contribution < -0.4 is 60.9 Å². The van der Waals surface area contributed by atoms with E-state index in [9.17, 15) is 20.1 Å². The summed E-state index contributed by atoms with van der Waals surface area (Å²) in [7, 11) is 1.42. The molecular weight excluding hydrogens is 351 g/mol. The number of rotatable bonds is 7. The Hall–Kier alpha value is -1.25. The van der Waals surface area contributed by atoms with Crippen molar-refractivity contribution in [2.45, 2.75) is 19.8 Å². The van der Waals surface area contributed by atoms with Gasteiger partial charge >= 0.3 is 51.4 Å². The number of hydrogen-bond donors (Lipinski definition) is 3. The SMILES string of the molecule is CCOc1cc(O)c(CCC(=O)c2ccc(OC)c(O)c2)c(O)c1.[H-].[K+]. The number of hydrogen-bond acceptors (Lipinski definition) is 6. The van der Waals surface area contributed by atoms with E-state index in [1.165, 1.54) is 31.4 Å². The number of phenolic OH excluding ortho intramolecular Hbond substituents is 3. The van der Waals surface area contributed by atoms with Crippen molar-refractivity contribution in [1.29, 1.82) is 0 Å². The average Bonchev–Trinajstić information content (AvgIpc) is 2.54. The first-order chi connectivity index (χ1) is 11.5. The standard InChI is InChI=1S/C18H20O6.K.H/c1-3-24-12-9-15(20)13(16(21)10-12)5-6-14(19)11-4-7-18(23-2)17(22)8-11;;/h4,7-10,20-22H,3,5-6H2,1-2H3;;/q;+1;-1. The smallest absolute Gasteiger partial charge is 1.00 e. The number of carbonyl (C=O) groups excluding carboxylic acids is 1. The van der Waals surface area contributed by atoms with E-state index in [2.05, 4.69) is 0 Å². The van der Waals surface area contributed by atoms with Crippen molar-refractivity contribution in [3.8, 4) is 28.7 Å². The first kappa shape index (κ1) is 21.8.